The molecule has 2 fully saturated rings. The van der Waals surface area contributed by atoms with Crippen molar-refractivity contribution in [1.29, 1.82) is 0 Å². The van der Waals surface area contributed by atoms with Crippen LogP contribution in [0.1, 0.15) is 19.3 Å². The number of amides is 2. The van der Waals surface area contributed by atoms with Crippen LogP contribution in [0.15, 0.2) is 0 Å². The van der Waals surface area contributed by atoms with Gasteiger partial charge in [-0.15, -0.1) is 0 Å². The van der Waals surface area contributed by atoms with Gasteiger partial charge in [0.15, 0.2) is 0 Å². The maximum absolute atomic E-state index is 12.4. The number of likely N-dealkylation sites (tertiary alicyclic amines) is 1. The Morgan fingerprint density at radius 1 is 1.25 bits per heavy atom. The molecule has 2 amide bonds. The van der Waals surface area contributed by atoms with Crippen LogP contribution < -0.4 is 11.1 Å². The van der Waals surface area contributed by atoms with Gasteiger partial charge in [0.25, 0.3) is 0 Å². The number of carbonyl (C=O) groups excluding carboxylic acids is 2. The average Bonchev–Trinajstić information content (AvgIpc) is 2.54. The summed E-state index contributed by atoms with van der Waals surface area (Å²) in [4.78, 5) is 35.9. The number of hydrogen-bond donors (Lipinski definition) is 3. The van der Waals surface area contributed by atoms with Crippen molar-refractivity contribution in [2.75, 3.05) is 39.5 Å². The van der Waals surface area contributed by atoms with Gasteiger partial charge in [0.2, 0.25) is 11.8 Å². The predicted molar refractivity (Wildman–Crippen MR) is 83.1 cm³/mol. The fourth-order valence-corrected chi connectivity index (χ4v) is 3.09. The molecule has 0 radical (unpaired) electrons. The normalized spacial score (nSPS) is 26.0. The Morgan fingerprint density at radius 2 is 1.96 bits per heavy atom. The predicted octanol–water partition coefficient (Wildman–Crippen LogP) is -1.44. The molecule has 2 saturated heterocycles. The van der Waals surface area contributed by atoms with Crippen LogP contribution in [0.5, 0.6) is 0 Å². The van der Waals surface area contributed by atoms with Crippen molar-refractivity contribution in [2.24, 2.45) is 11.7 Å². The number of hydrogen-bond acceptors (Lipinski definition) is 6. The molecule has 0 saturated carbocycles. The number of nitrogens with one attached hydrogen (secondary N) is 1. The number of carboxylic acid groups (broad SMARTS) is 1. The number of rotatable bonds is 7. The van der Waals surface area contributed by atoms with Crippen LogP contribution in [0, 0.1) is 5.92 Å². The lowest BCUT2D eigenvalue weighted by Crippen LogP contribution is -2.53. The number of piperidine rings is 1. The Labute approximate surface area is 140 Å². The minimum atomic E-state index is -1.05. The van der Waals surface area contributed by atoms with E-state index in [2.05, 4.69) is 5.32 Å². The van der Waals surface area contributed by atoms with Gasteiger partial charge in [-0.2, -0.15) is 0 Å². The zero-order valence-corrected chi connectivity index (χ0v) is 13.6. The van der Waals surface area contributed by atoms with E-state index in [1.807, 2.05) is 4.90 Å². The summed E-state index contributed by atoms with van der Waals surface area (Å²) in [6.45, 7) is 1.91. The van der Waals surface area contributed by atoms with Crippen LogP contribution >= 0.6 is 0 Å². The average molecular weight is 343 g/mol. The minimum absolute atomic E-state index is 0.0513. The SMILES string of the molecule is NC(=O)CN1CCC(C(=O)N[C@@H]2CCOC[C@H]2OCC(=O)O)CC1. The monoisotopic (exact) mass is 343 g/mol. The third kappa shape index (κ3) is 5.73. The molecule has 2 aliphatic rings. The first kappa shape index (κ1) is 18.6. The van der Waals surface area contributed by atoms with Crippen LogP contribution in [0.2, 0.25) is 0 Å². The molecule has 2 aliphatic heterocycles. The maximum Gasteiger partial charge on any atom is 0.329 e. The summed E-state index contributed by atoms with van der Waals surface area (Å²) in [6.07, 6.45) is 1.48. The number of nitrogens with zero attached hydrogens (tertiary/aromatic N) is 1. The number of ether oxygens (including phenoxy) is 2. The number of carbonyl (C=O) groups is 3. The van der Waals surface area contributed by atoms with E-state index in [9.17, 15) is 14.4 Å². The van der Waals surface area contributed by atoms with E-state index in [1.165, 1.54) is 0 Å². The first-order chi connectivity index (χ1) is 11.5. The molecule has 0 aromatic rings. The smallest absolute Gasteiger partial charge is 0.329 e. The van der Waals surface area contributed by atoms with Gasteiger partial charge >= 0.3 is 5.97 Å². The van der Waals surface area contributed by atoms with Gasteiger partial charge < -0.3 is 25.6 Å². The minimum Gasteiger partial charge on any atom is -0.480 e. The second kappa shape index (κ2) is 8.95. The molecule has 0 aromatic carbocycles. The molecule has 4 N–H and O–H groups in total. The number of nitrogens with two attached hydrogens (primary N) is 1. The summed E-state index contributed by atoms with van der Waals surface area (Å²) >= 11 is 0. The van der Waals surface area contributed by atoms with Crippen molar-refractivity contribution in [3.63, 3.8) is 0 Å². The van der Waals surface area contributed by atoms with Crippen LogP contribution in [0.4, 0.5) is 0 Å². The van der Waals surface area contributed by atoms with Crippen molar-refractivity contribution < 1.29 is 29.0 Å². The lowest BCUT2D eigenvalue weighted by atomic mass is 9.94. The van der Waals surface area contributed by atoms with Gasteiger partial charge in [-0.3, -0.25) is 14.5 Å². The highest BCUT2D eigenvalue weighted by Gasteiger charge is 2.32. The van der Waals surface area contributed by atoms with E-state index in [4.69, 9.17) is 20.3 Å². The third-order valence-corrected chi connectivity index (χ3v) is 4.39. The fraction of sp³-hybridized carbons (Fsp3) is 0.800. The maximum atomic E-state index is 12.4. The summed E-state index contributed by atoms with van der Waals surface area (Å²) in [5.74, 6) is -1.58. The Hall–Kier alpha value is -1.71. The van der Waals surface area contributed by atoms with E-state index in [1.54, 1.807) is 0 Å². The van der Waals surface area contributed by atoms with Gasteiger partial charge in [0.05, 0.1) is 19.2 Å². The van der Waals surface area contributed by atoms with E-state index < -0.39 is 18.7 Å². The summed E-state index contributed by atoms with van der Waals surface area (Å²) in [7, 11) is 0. The first-order valence-corrected chi connectivity index (χ1v) is 8.18. The Morgan fingerprint density at radius 3 is 2.58 bits per heavy atom. The summed E-state index contributed by atoms with van der Waals surface area (Å²) in [6, 6.07) is -0.241. The Bertz CT molecular complexity index is 464. The topological polar surface area (TPSA) is 131 Å². The van der Waals surface area contributed by atoms with Crippen LogP contribution in [0.3, 0.4) is 0 Å². The molecular formula is C15H25N3O6. The van der Waals surface area contributed by atoms with Crippen molar-refractivity contribution in [2.45, 2.75) is 31.4 Å². The van der Waals surface area contributed by atoms with Crippen LogP contribution in [-0.4, -0.2) is 79.4 Å². The molecule has 9 heteroatoms. The van der Waals surface area contributed by atoms with Gasteiger partial charge in [-0.05, 0) is 32.4 Å². The summed E-state index contributed by atoms with van der Waals surface area (Å²) < 4.78 is 10.6. The van der Waals surface area contributed by atoms with Crippen molar-refractivity contribution in [3.8, 4) is 0 Å². The highest BCUT2D eigenvalue weighted by Crippen LogP contribution is 2.19. The Kier molecular flexibility index (Phi) is 6.95. The number of primary amides is 1. The van der Waals surface area contributed by atoms with Crippen molar-refractivity contribution >= 4 is 17.8 Å². The lowest BCUT2D eigenvalue weighted by Gasteiger charge is -2.34. The molecule has 0 spiro atoms. The van der Waals surface area contributed by atoms with E-state index in [0.29, 0.717) is 39.0 Å². The zero-order valence-electron chi connectivity index (χ0n) is 13.6. The molecule has 2 rings (SSSR count). The fourth-order valence-electron chi connectivity index (χ4n) is 3.09. The molecule has 2 atom stereocenters. The molecule has 9 nitrogen and oxygen atoms in total. The Balaban J connectivity index is 1.79. The molecule has 0 aromatic heterocycles. The third-order valence-electron chi connectivity index (χ3n) is 4.39. The van der Waals surface area contributed by atoms with Gasteiger partial charge in [-0.1, -0.05) is 0 Å². The molecular weight excluding hydrogens is 318 g/mol. The number of carboxylic acids is 1. The lowest BCUT2D eigenvalue weighted by molar-refractivity contribution is -0.149. The van der Waals surface area contributed by atoms with E-state index in [-0.39, 0.29) is 36.9 Å². The van der Waals surface area contributed by atoms with Crippen molar-refractivity contribution in [1.82, 2.24) is 10.2 Å². The summed E-state index contributed by atoms with van der Waals surface area (Å²) in [5.41, 5.74) is 5.18. The van der Waals surface area contributed by atoms with Crippen molar-refractivity contribution in [3.05, 3.63) is 0 Å². The van der Waals surface area contributed by atoms with Gasteiger partial charge in [-0.25, -0.2) is 4.79 Å². The van der Waals surface area contributed by atoms with Crippen LogP contribution in [-0.2, 0) is 23.9 Å². The largest absolute Gasteiger partial charge is 0.480 e. The van der Waals surface area contributed by atoms with Gasteiger partial charge in [0, 0.05) is 12.5 Å². The van der Waals surface area contributed by atoms with Crippen LogP contribution in [0.25, 0.3) is 0 Å². The second-order valence-corrected chi connectivity index (χ2v) is 6.24. The van der Waals surface area contributed by atoms with E-state index >= 15 is 0 Å². The molecule has 0 aliphatic carbocycles. The summed E-state index contributed by atoms with van der Waals surface area (Å²) in [5, 5.41) is 11.7. The van der Waals surface area contributed by atoms with Gasteiger partial charge in [0.1, 0.15) is 12.7 Å². The quantitative estimate of drug-likeness (QED) is 0.516. The first-order valence-electron chi connectivity index (χ1n) is 8.18. The molecule has 0 bridgehead atoms. The second-order valence-electron chi connectivity index (χ2n) is 6.24. The molecule has 136 valence electrons. The standard InChI is InChI=1S/C15H25N3O6/c16-13(19)7-18-4-1-10(2-5-18)15(22)17-11-3-6-23-8-12(11)24-9-14(20)21/h10-12H,1-9H2,(H2,16,19)(H,17,22)(H,20,21)/t11-,12-/m1/s1. The molecule has 24 heavy (non-hydrogen) atoms. The molecule has 2 heterocycles. The van der Waals surface area contributed by atoms with E-state index in [0.717, 1.165) is 0 Å². The highest BCUT2D eigenvalue weighted by molar-refractivity contribution is 5.79. The highest BCUT2D eigenvalue weighted by atomic mass is 16.5. The number of aliphatic carboxylic acids is 1. The zero-order chi connectivity index (χ0) is 17.5. The molecule has 0 unspecified atom stereocenters.